The number of carbonyl (C=O) groups is 2. The van der Waals surface area contributed by atoms with Crippen molar-refractivity contribution in [3.8, 4) is 0 Å². The van der Waals surface area contributed by atoms with Crippen molar-refractivity contribution in [2.75, 3.05) is 5.32 Å². The van der Waals surface area contributed by atoms with E-state index in [2.05, 4.69) is 5.32 Å². The molecule has 3 heteroatoms. The van der Waals surface area contributed by atoms with E-state index in [0.717, 1.165) is 5.69 Å². The standard InChI is InChI=1S/C16H13NO2/c18-12-6-8-13-7-4-5-11-15(13)16(19)17-14-9-2-1-3-10-14/h1-12H,(H,17,19)/b8-6+. The van der Waals surface area contributed by atoms with E-state index in [1.807, 2.05) is 36.4 Å². The molecule has 0 spiro atoms. The van der Waals surface area contributed by atoms with Crippen molar-refractivity contribution >= 4 is 24.0 Å². The Morgan fingerprint density at radius 1 is 0.947 bits per heavy atom. The van der Waals surface area contributed by atoms with Crippen molar-refractivity contribution in [2.24, 2.45) is 0 Å². The molecule has 0 aliphatic rings. The second kappa shape index (κ2) is 6.31. The number of anilines is 1. The lowest BCUT2D eigenvalue weighted by atomic mass is 10.1. The first-order valence-corrected chi connectivity index (χ1v) is 5.88. The number of hydrogen-bond donors (Lipinski definition) is 1. The van der Waals surface area contributed by atoms with Crippen LogP contribution in [0, 0.1) is 0 Å². The van der Waals surface area contributed by atoms with E-state index in [9.17, 15) is 9.59 Å². The Hall–Kier alpha value is -2.68. The Kier molecular flexibility index (Phi) is 4.24. The average Bonchev–Trinajstić information content (AvgIpc) is 2.46. The van der Waals surface area contributed by atoms with Crippen molar-refractivity contribution in [3.63, 3.8) is 0 Å². The molecule has 0 atom stereocenters. The van der Waals surface area contributed by atoms with Gasteiger partial charge in [0.05, 0.1) is 0 Å². The lowest BCUT2D eigenvalue weighted by Crippen LogP contribution is -2.13. The summed E-state index contributed by atoms with van der Waals surface area (Å²) >= 11 is 0. The number of hydrogen-bond acceptors (Lipinski definition) is 2. The molecule has 1 N–H and O–H groups in total. The van der Waals surface area contributed by atoms with Gasteiger partial charge in [-0.05, 0) is 29.8 Å². The monoisotopic (exact) mass is 251 g/mol. The van der Waals surface area contributed by atoms with Gasteiger partial charge in [0.25, 0.3) is 5.91 Å². The van der Waals surface area contributed by atoms with Crippen LogP contribution in [-0.4, -0.2) is 12.2 Å². The van der Waals surface area contributed by atoms with Gasteiger partial charge < -0.3 is 5.32 Å². The molecule has 0 bridgehead atoms. The predicted molar refractivity (Wildman–Crippen MR) is 75.9 cm³/mol. The molecular formula is C16H13NO2. The van der Waals surface area contributed by atoms with E-state index >= 15 is 0 Å². The molecule has 3 nitrogen and oxygen atoms in total. The molecule has 0 unspecified atom stereocenters. The zero-order valence-corrected chi connectivity index (χ0v) is 10.2. The van der Waals surface area contributed by atoms with Crippen LogP contribution in [-0.2, 0) is 4.79 Å². The summed E-state index contributed by atoms with van der Waals surface area (Å²) in [5.41, 5.74) is 1.98. The summed E-state index contributed by atoms with van der Waals surface area (Å²) in [4.78, 5) is 22.5. The molecule has 19 heavy (non-hydrogen) atoms. The molecule has 0 saturated carbocycles. The van der Waals surface area contributed by atoms with E-state index in [1.54, 1.807) is 24.3 Å². The van der Waals surface area contributed by atoms with E-state index in [0.29, 0.717) is 17.4 Å². The molecule has 2 aromatic rings. The van der Waals surface area contributed by atoms with Crippen LogP contribution in [0.3, 0.4) is 0 Å². The topological polar surface area (TPSA) is 46.2 Å². The molecule has 0 radical (unpaired) electrons. The molecule has 0 aliphatic carbocycles. The van der Waals surface area contributed by atoms with Gasteiger partial charge in [0.1, 0.15) is 6.29 Å². The molecule has 0 aliphatic heterocycles. The van der Waals surface area contributed by atoms with Gasteiger partial charge >= 0.3 is 0 Å². The quantitative estimate of drug-likeness (QED) is 0.670. The van der Waals surface area contributed by atoms with Gasteiger partial charge in [-0.1, -0.05) is 42.5 Å². The molecular weight excluding hydrogens is 238 g/mol. The highest BCUT2D eigenvalue weighted by Gasteiger charge is 2.08. The normalized spacial score (nSPS) is 10.3. The highest BCUT2D eigenvalue weighted by atomic mass is 16.1. The minimum absolute atomic E-state index is 0.197. The van der Waals surface area contributed by atoms with E-state index < -0.39 is 0 Å². The first-order chi connectivity index (χ1) is 9.31. The highest BCUT2D eigenvalue weighted by Crippen LogP contribution is 2.14. The maximum Gasteiger partial charge on any atom is 0.256 e. The zero-order chi connectivity index (χ0) is 13.5. The Labute approximate surface area is 111 Å². The number of benzene rings is 2. The summed E-state index contributed by atoms with van der Waals surface area (Å²) in [7, 11) is 0. The fourth-order valence-electron chi connectivity index (χ4n) is 1.71. The average molecular weight is 251 g/mol. The summed E-state index contributed by atoms with van der Waals surface area (Å²) in [6.07, 6.45) is 3.67. The maximum absolute atomic E-state index is 12.2. The molecule has 1 amide bonds. The lowest BCUT2D eigenvalue weighted by Gasteiger charge is -2.07. The predicted octanol–water partition coefficient (Wildman–Crippen LogP) is 3.15. The lowest BCUT2D eigenvalue weighted by molar-refractivity contribution is -0.104. The number of aldehydes is 1. The molecule has 94 valence electrons. The fourth-order valence-corrected chi connectivity index (χ4v) is 1.71. The van der Waals surface area contributed by atoms with E-state index in [4.69, 9.17) is 0 Å². The maximum atomic E-state index is 12.2. The second-order valence-electron chi connectivity index (χ2n) is 3.90. The number of nitrogens with one attached hydrogen (secondary N) is 1. The van der Waals surface area contributed by atoms with Crippen molar-refractivity contribution in [1.82, 2.24) is 0 Å². The first kappa shape index (κ1) is 12.8. The fraction of sp³-hybridized carbons (Fsp3) is 0. The van der Waals surface area contributed by atoms with Crippen LogP contribution in [0.25, 0.3) is 6.08 Å². The van der Waals surface area contributed by atoms with Crippen LogP contribution in [0.15, 0.2) is 60.7 Å². The third kappa shape index (κ3) is 3.39. The molecule has 0 heterocycles. The van der Waals surface area contributed by atoms with Crippen LogP contribution in [0.1, 0.15) is 15.9 Å². The van der Waals surface area contributed by atoms with Crippen molar-refractivity contribution in [3.05, 3.63) is 71.8 Å². The van der Waals surface area contributed by atoms with Gasteiger partial charge in [0.15, 0.2) is 0 Å². The van der Waals surface area contributed by atoms with E-state index in [-0.39, 0.29) is 5.91 Å². The Bertz CT molecular complexity index is 603. The van der Waals surface area contributed by atoms with Crippen molar-refractivity contribution < 1.29 is 9.59 Å². The van der Waals surface area contributed by atoms with Crippen LogP contribution < -0.4 is 5.32 Å². The van der Waals surface area contributed by atoms with Gasteiger partial charge in [0.2, 0.25) is 0 Å². The molecule has 2 aromatic carbocycles. The van der Waals surface area contributed by atoms with Gasteiger partial charge in [-0.2, -0.15) is 0 Å². The Morgan fingerprint density at radius 3 is 2.37 bits per heavy atom. The summed E-state index contributed by atoms with van der Waals surface area (Å²) in [6.45, 7) is 0. The van der Waals surface area contributed by atoms with Gasteiger partial charge in [0, 0.05) is 11.3 Å². The molecule has 0 fully saturated rings. The Balaban J connectivity index is 2.24. The van der Waals surface area contributed by atoms with Gasteiger partial charge in [-0.15, -0.1) is 0 Å². The number of rotatable bonds is 4. The smallest absolute Gasteiger partial charge is 0.256 e. The zero-order valence-electron chi connectivity index (χ0n) is 10.2. The summed E-state index contributed by atoms with van der Waals surface area (Å²) < 4.78 is 0. The van der Waals surface area contributed by atoms with Crippen LogP contribution in [0.5, 0.6) is 0 Å². The van der Waals surface area contributed by atoms with Crippen molar-refractivity contribution in [1.29, 1.82) is 0 Å². The molecule has 0 aromatic heterocycles. The largest absolute Gasteiger partial charge is 0.322 e. The summed E-state index contributed by atoms with van der Waals surface area (Å²) in [5, 5.41) is 2.81. The second-order valence-corrected chi connectivity index (χ2v) is 3.90. The van der Waals surface area contributed by atoms with E-state index in [1.165, 1.54) is 6.08 Å². The van der Waals surface area contributed by atoms with Gasteiger partial charge in [-0.3, -0.25) is 9.59 Å². The number of amides is 1. The highest BCUT2D eigenvalue weighted by molar-refractivity contribution is 6.06. The minimum atomic E-state index is -0.197. The third-order valence-electron chi connectivity index (χ3n) is 2.59. The van der Waals surface area contributed by atoms with Crippen LogP contribution in [0.2, 0.25) is 0 Å². The summed E-state index contributed by atoms with van der Waals surface area (Å²) in [5.74, 6) is -0.197. The van der Waals surface area contributed by atoms with Gasteiger partial charge in [-0.25, -0.2) is 0 Å². The van der Waals surface area contributed by atoms with Crippen LogP contribution in [0.4, 0.5) is 5.69 Å². The van der Waals surface area contributed by atoms with Crippen molar-refractivity contribution in [2.45, 2.75) is 0 Å². The Morgan fingerprint density at radius 2 is 1.63 bits per heavy atom. The number of allylic oxidation sites excluding steroid dienone is 1. The summed E-state index contributed by atoms with van der Waals surface area (Å²) in [6, 6.07) is 16.4. The minimum Gasteiger partial charge on any atom is -0.322 e. The molecule has 2 rings (SSSR count). The van der Waals surface area contributed by atoms with Crippen LogP contribution >= 0.6 is 0 Å². The molecule has 0 saturated heterocycles. The first-order valence-electron chi connectivity index (χ1n) is 5.88. The number of para-hydroxylation sites is 1. The number of carbonyl (C=O) groups excluding carboxylic acids is 2. The third-order valence-corrected chi connectivity index (χ3v) is 2.59. The SMILES string of the molecule is O=C/C=C/c1ccccc1C(=O)Nc1ccccc1.